The van der Waals surface area contributed by atoms with Crippen LogP contribution in [0.2, 0.25) is 10.0 Å². The number of fused-ring (bicyclic) bond motifs is 1. The van der Waals surface area contributed by atoms with E-state index in [4.69, 9.17) is 33.2 Å². The van der Waals surface area contributed by atoms with E-state index < -0.39 is 30.0 Å². The van der Waals surface area contributed by atoms with Gasteiger partial charge in [0.05, 0.1) is 28.3 Å². The molecule has 1 fully saturated rings. The standard InChI is InChI=1S/C30H24Cl2F3N3O3/c31-21-8-3-17(4-9-21)26-25(14-16-1-2-20(13-16)29(40)41)36-24-15-19(7-12-23(24)37-26)28(39)38-27(30(33,34)35)18-5-10-22(32)11-6-18/h3-12,15-16,20,27H,1-2,13-14H2,(H,38,39)(H,40,41)/t16?,20?,27-/m0/s1. The van der Waals surface area contributed by atoms with Gasteiger partial charge in [0.25, 0.3) is 5.91 Å². The minimum Gasteiger partial charge on any atom is -0.481 e. The summed E-state index contributed by atoms with van der Waals surface area (Å²) in [5.41, 5.74) is 2.62. The molecular formula is C30H24Cl2F3N3O3. The topological polar surface area (TPSA) is 92.2 Å². The fraction of sp³-hybridized carbons (Fsp3) is 0.267. The fourth-order valence-electron chi connectivity index (χ4n) is 5.20. The average Bonchev–Trinajstić information content (AvgIpc) is 3.40. The maximum Gasteiger partial charge on any atom is 0.412 e. The highest BCUT2D eigenvalue weighted by molar-refractivity contribution is 6.30. The number of carbonyl (C=O) groups excluding carboxylic acids is 1. The van der Waals surface area contributed by atoms with Crippen LogP contribution in [-0.4, -0.2) is 33.1 Å². The van der Waals surface area contributed by atoms with E-state index in [9.17, 15) is 27.9 Å². The molecule has 1 heterocycles. The van der Waals surface area contributed by atoms with Crippen LogP contribution in [0.15, 0.2) is 66.7 Å². The van der Waals surface area contributed by atoms with E-state index in [0.29, 0.717) is 46.7 Å². The van der Waals surface area contributed by atoms with Gasteiger partial charge in [-0.25, -0.2) is 9.97 Å². The highest BCUT2D eigenvalue weighted by Crippen LogP contribution is 2.36. The van der Waals surface area contributed by atoms with Gasteiger partial charge in [-0.15, -0.1) is 0 Å². The van der Waals surface area contributed by atoms with Crippen LogP contribution < -0.4 is 5.32 Å². The van der Waals surface area contributed by atoms with Crippen molar-refractivity contribution in [3.8, 4) is 11.3 Å². The van der Waals surface area contributed by atoms with Crippen molar-refractivity contribution in [1.29, 1.82) is 0 Å². The third-order valence-electron chi connectivity index (χ3n) is 7.29. The Morgan fingerprint density at radius 3 is 2.20 bits per heavy atom. The second kappa shape index (κ2) is 11.7. The summed E-state index contributed by atoms with van der Waals surface area (Å²) >= 11 is 11.9. The molecule has 2 unspecified atom stereocenters. The molecule has 212 valence electrons. The molecule has 5 rings (SSSR count). The number of carboxylic acid groups (broad SMARTS) is 1. The van der Waals surface area contributed by atoms with Crippen LogP contribution >= 0.6 is 23.2 Å². The monoisotopic (exact) mass is 601 g/mol. The second-order valence-electron chi connectivity index (χ2n) is 10.1. The summed E-state index contributed by atoms with van der Waals surface area (Å²) in [6.07, 6.45) is -2.46. The molecule has 1 amide bonds. The van der Waals surface area contributed by atoms with Crippen molar-refractivity contribution < 1.29 is 27.9 Å². The van der Waals surface area contributed by atoms with E-state index in [-0.39, 0.29) is 22.1 Å². The summed E-state index contributed by atoms with van der Waals surface area (Å²) in [4.78, 5) is 34.1. The lowest BCUT2D eigenvalue weighted by molar-refractivity contribution is -0.155. The Hall–Kier alpha value is -3.69. The van der Waals surface area contributed by atoms with Crippen LogP contribution in [0.25, 0.3) is 22.3 Å². The highest BCUT2D eigenvalue weighted by Gasteiger charge is 2.42. The van der Waals surface area contributed by atoms with Crippen molar-refractivity contribution in [1.82, 2.24) is 15.3 Å². The number of carboxylic acids is 1. The summed E-state index contributed by atoms with van der Waals surface area (Å²) in [5, 5.41) is 12.3. The normalized spacial score (nSPS) is 17.9. The van der Waals surface area contributed by atoms with Gasteiger partial charge in [-0.3, -0.25) is 9.59 Å². The first-order chi connectivity index (χ1) is 19.5. The number of nitrogens with zero attached hydrogens (tertiary/aromatic N) is 2. The molecule has 3 atom stereocenters. The van der Waals surface area contributed by atoms with Crippen LogP contribution in [-0.2, 0) is 11.2 Å². The lowest BCUT2D eigenvalue weighted by atomic mass is 9.96. The van der Waals surface area contributed by atoms with Crippen LogP contribution in [0.1, 0.15) is 46.9 Å². The molecule has 2 N–H and O–H groups in total. The molecule has 1 aliphatic carbocycles. The van der Waals surface area contributed by atoms with E-state index in [1.54, 1.807) is 18.2 Å². The predicted molar refractivity (Wildman–Crippen MR) is 150 cm³/mol. The third-order valence-corrected chi connectivity index (χ3v) is 7.80. The lowest BCUT2D eigenvalue weighted by Gasteiger charge is -2.22. The van der Waals surface area contributed by atoms with Gasteiger partial charge in [-0.2, -0.15) is 13.2 Å². The van der Waals surface area contributed by atoms with Crippen molar-refractivity contribution in [2.45, 2.75) is 37.9 Å². The van der Waals surface area contributed by atoms with Gasteiger partial charge in [-0.05, 0) is 79.6 Å². The van der Waals surface area contributed by atoms with Crippen molar-refractivity contribution in [3.05, 3.63) is 93.6 Å². The van der Waals surface area contributed by atoms with E-state index >= 15 is 0 Å². The molecule has 41 heavy (non-hydrogen) atoms. The highest BCUT2D eigenvalue weighted by atomic mass is 35.5. The molecule has 1 aromatic heterocycles. The van der Waals surface area contributed by atoms with Gasteiger partial charge in [-0.1, -0.05) is 47.5 Å². The van der Waals surface area contributed by atoms with Crippen LogP contribution in [0.5, 0.6) is 0 Å². The first-order valence-corrected chi connectivity index (χ1v) is 13.7. The number of aromatic nitrogens is 2. The Balaban J connectivity index is 1.48. The van der Waals surface area contributed by atoms with E-state index in [1.807, 2.05) is 12.1 Å². The molecule has 1 saturated carbocycles. The van der Waals surface area contributed by atoms with Gasteiger partial charge in [0, 0.05) is 21.2 Å². The smallest absolute Gasteiger partial charge is 0.412 e. The molecule has 4 aromatic rings. The molecule has 3 aromatic carbocycles. The molecule has 0 radical (unpaired) electrons. The zero-order chi connectivity index (χ0) is 29.3. The number of rotatable bonds is 7. The lowest BCUT2D eigenvalue weighted by Crippen LogP contribution is -2.38. The molecular weight excluding hydrogens is 578 g/mol. The van der Waals surface area contributed by atoms with Gasteiger partial charge >= 0.3 is 12.1 Å². The number of benzene rings is 3. The van der Waals surface area contributed by atoms with Crippen LogP contribution in [0, 0.1) is 11.8 Å². The molecule has 0 saturated heterocycles. The van der Waals surface area contributed by atoms with Gasteiger partial charge in [0.15, 0.2) is 6.04 Å². The number of halogens is 5. The average molecular weight is 602 g/mol. The number of aliphatic carboxylic acids is 1. The van der Waals surface area contributed by atoms with Gasteiger partial charge < -0.3 is 10.4 Å². The maximum atomic E-state index is 13.9. The number of alkyl halides is 3. The first kappa shape index (κ1) is 28.8. The number of carbonyl (C=O) groups is 2. The van der Waals surface area contributed by atoms with E-state index in [0.717, 1.165) is 12.0 Å². The maximum absolute atomic E-state index is 13.9. The fourth-order valence-corrected chi connectivity index (χ4v) is 5.45. The molecule has 6 nitrogen and oxygen atoms in total. The molecule has 1 aliphatic rings. The summed E-state index contributed by atoms with van der Waals surface area (Å²) < 4.78 is 41.6. The van der Waals surface area contributed by atoms with Crippen molar-refractivity contribution in [2.75, 3.05) is 0 Å². The molecule has 11 heteroatoms. The van der Waals surface area contributed by atoms with Crippen molar-refractivity contribution >= 4 is 46.1 Å². The summed E-state index contributed by atoms with van der Waals surface area (Å²) in [6.45, 7) is 0. The van der Waals surface area contributed by atoms with Crippen LogP contribution in [0.3, 0.4) is 0 Å². The SMILES string of the molecule is O=C(N[C@@H](c1ccc(Cl)cc1)C(F)(F)F)c1ccc2nc(-c3ccc(Cl)cc3)c(CC3CCC(C(=O)O)C3)nc2c1. The summed E-state index contributed by atoms with van der Waals surface area (Å²) in [7, 11) is 0. The molecule has 0 spiro atoms. The Morgan fingerprint density at radius 1 is 0.927 bits per heavy atom. The zero-order valence-electron chi connectivity index (χ0n) is 21.5. The third kappa shape index (κ3) is 6.63. The number of hydrogen-bond acceptors (Lipinski definition) is 4. The number of nitrogens with one attached hydrogen (secondary N) is 1. The Kier molecular flexibility index (Phi) is 8.20. The van der Waals surface area contributed by atoms with Crippen molar-refractivity contribution in [3.63, 3.8) is 0 Å². The molecule has 0 aliphatic heterocycles. The van der Waals surface area contributed by atoms with Crippen molar-refractivity contribution in [2.24, 2.45) is 11.8 Å². The van der Waals surface area contributed by atoms with Gasteiger partial charge in [0.2, 0.25) is 0 Å². The van der Waals surface area contributed by atoms with E-state index in [1.165, 1.54) is 36.4 Å². The van der Waals surface area contributed by atoms with Gasteiger partial charge in [0.1, 0.15) is 0 Å². The molecule has 0 bridgehead atoms. The predicted octanol–water partition coefficient (Wildman–Crippen LogP) is 7.68. The summed E-state index contributed by atoms with van der Waals surface area (Å²) in [5.74, 6) is -2.08. The summed E-state index contributed by atoms with van der Waals surface area (Å²) in [6, 6.07) is 14.3. The minimum absolute atomic E-state index is 0.00739. The Labute approximate surface area is 243 Å². The zero-order valence-corrected chi connectivity index (χ0v) is 23.0. The van der Waals surface area contributed by atoms with E-state index in [2.05, 4.69) is 5.32 Å². The Morgan fingerprint density at radius 2 is 1.59 bits per heavy atom. The first-order valence-electron chi connectivity index (χ1n) is 12.9. The Bertz CT molecular complexity index is 1600. The largest absolute Gasteiger partial charge is 0.481 e. The number of amides is 1. The quantitative estimate of drug-likeness (QED) is 0.227. The minimum atomic E-state index is -4.74. The number of hydrogen-bond donors (Lipinski definition) is 2. The second-order valence-corrected chi connectivity index (χ2v) is 11.0. The van der Waals surface area contributed by atoms with Crippen LogP contribution in [0.4, 0.5) is 13.2 Å².